The number of carboxylic acids is 1. The van der Waals surface area contributed by atoms with E-state index in [-0.39, 0.29) is 19.4 Å². The van der Waals surface area contributed by atoms with Gasteiger partial charge in [-0.25, -0.2) is 0 Å². The summed E-state index contributed by atoms with van der Waals surface area (Å²) in [5, 5.41) is 11.7. The molecule has 1 saturated heterocycles. The summed E-state index contributed by atoms with van der Waals surface area (Å²) in [6.07, 6.45) is -4.44. The van der Waals surface area contributed by atoms with Crippen molar-refractivity contribution in [2.24, 2.45) is 5.41 Å². The quantitative estimate of drug-likeness (QED) is 0.741. The van der Waals surface area contributed by atoms with Gasteiger partial charge in [-0.05, 0) is 25.7 Å². The van der Waals surface area contributed by atoms with E-state index in [1.807, 2.05) is 0 Å². The van der Waals surface area contributed by atoms with Crippen LogP contribution in [0.5, 0.6) is 0 Å². The van der Waals surface area contributed by atoms with Crippen LogP contribution >= 0.6 is 0 Å². The molecule has 9 heteroatoms. The van der Waals surface area contributed by atoms with Crippen LogP contribution in [0.3, 0.4) is 0 Å². The van der Waals surface area contributed by atoms with Crippen LogP contribution in [0.25, 0.3) is 0 Å². The Bertz CT molecular complexity index is 503. The highest BCUT2D eigenvalue weighted by atomic mass is 19.4. The Morgan fingerprint density at radius 3 is 2.43 bits per heavy atom. The van der Waals surface area contributed by atoms with Crippen molar-refractivity contribution >= 4 is 17.8 Å². The number of rotatable bonds is 5. The number of piperidine rings is 1. The lowest BCUT2D eigenvalue weighted by Crippen LogP contribution is -2.52. The fourth-order valence-corrected chi connectivity index (χ4v) is 2.71. The molecule has 0 spiro atoms. The number of hydrogen-bond acceptors (Lipinski definition) is 3. The third kappa shape index (κ3) is 4.35. The van der Waals surface area contributed by atoms with Gasteiger partial charge < -0.3 is 15.3 Å². The van der Waals surface area contributed by atoms with Crippen LogP contribution in [-0.2, 0) is 14.4 Å². The first-order chi connectivity index (χ1) is 10.6. The van der Waals surface area contributed by atoms with Crippen LogP contribution in [0.2, 0.25) is 0 Å². The van der Waals surface area contributed by atoms with Gasteiger partial charge in [0.2, 0.25) is 11.8 Å². The molecule has 1 saturated carbocycles. The largest absolute Gasteiger partial charge is 0.480 e. The van der Waals surface area contributed by atoms with Crippen molar-refractivity contribution in [2.45, 2.75) is 50.7 Å². The average molecular weight is 336 g/mol. The Labute approximate surface area is 131 Å². The van der Waals surface area contributed by atoms with Gasteiger partial charge in [0.1, 0.15) is 5.41 Å². The molecule has 2 fully saturated rings. The van der Waals surface area contributed by atoms with Gasteiger partial charge in [-0.15, -0.1) is 0 Å². The van der Waals surface area contributed by atoms with Gasteiger partial charge in [0.25, 0.3) is 0 Å². The second-order valence-corrected chi connectivity index (χ2v) is 6.15. The van der Waals surface area contributed by atoms with Gasteiger partial charge in [-0.2, -0.15) is 13.2 Å². The first kappa shape index (κ1) is 17.6. The van der Waals surface area contributed by atoms with Gasteiger partial charge in [-0.3, -0.25) is 14.4 Å². The SMILES string of the molecule is O=C(CCC(F)(F)F)N1CCC[C@@H](NC(=O)C2(C(=O)O)CC2)C1. The Kier molecular flexibility index (Phi) is 4.86. The number of halogens is 3. The molecule has 23 heavy (non-hydrogen) atoms. The van der Waals surface area contributed by atoms with E-state index >= 15 is 0 Å². The van der Waals surface area contributed by atoms with E-state index in [2.05, 4.69) is 5.32 Å². The molecule has 2 amide bonds. The van der Waals surface area contributed by atoms with Gasteiger partial charge in [0.05, 0.1) is 6.42 Å². The minimum absolute atomic E-state index is 0.123. The van der Waals surface area contributed by atoms with Crippen molar-refractivity contribution in [1.82, 2.24) is 10.2 Å². The minimum atomic E-state index is -4.38. The summed E-state index contributed by atoms with van der Waals surface area (Å²) < 4.78 is 36.5. The maximum atomic E-state index is 12.2. The fourth-order valence-electron chi connectivity index (χ4n) is 2.71. The van der Waals surface area contributed by atoms with E-state index in [4.69, 9.17) is 5.11 Å². The van der Waals surface area contributed by atoms with Crippen molar-refractivity contribution in [3.63, 3.8) is 0 Å². The molecule has 0 aromatic heterocycles. The molecular weight excluding hydrogens is 317 g/mol. The molecule has 0 bridgehead atoms. The lowest BCUT2D eigenvalue weighted by atomic mass is 10.0. The summed E-state index contributed by atoms with van der Waals surface area (Å²) in [6, 6.07) is -0.414. The van der Waals surface area contributed by atoms with E-state index in [0.717, 1.165) is 0 Å². The summed E-state index contributed by atoms with van der Waals surface area (Å²) in [6.45, 7) is 0.477. The molecule has 130 valence electrons. The summed E-state index contributed by atoms with van der Waals surface area (Å²) in [7, 11) is 0. The molecule has 2 aliphatic rings. The molecule has 1 atom stereocenters. The number of carbonyl (C=O) groups is 3. The summed E-state index contributed by atoms with van der Waals surface area (Å²) >= 11 is 0. The Balaban J connectivity index is 1.85. The van der Waals surface area contributed by atoms with E-state index in [9.17, 15) is 27.6 Å². The lowest BCUT2D eigenvalue weighted by molar-refractivity contribution is -0.151. The summed E-state index contributed by atoms with van der Waals surface area (Å²) in [5.41, 5.74) is -1.36. The van der Waals surface area contributed by atoms with Crippen molar-refractivity contribution < 1.29 is 32.7 Å². The number of hydrogen-bond donors (Lipinski definition) is 2. The van der Waals surface area contributed by atoms with E-state index in [1.54, 1.807) is 0 Å². The van der Waals surface area contributed by atoms with Crippen LogP contribution in [0.15, 0.2) is 0 Å². The molecule has 6 nitrogen and oxygen atoms in total. The molecule has 1 aliphatic carbocycles. The topological polar surface area (TPSA) is 86.7 Å². The lowest BCUT2D eigenvalue weighted by Gasteiger charge is -2.33. The average Bonchev–Trinajstić information content (AvgIpc) is 3.26. The zero-order valence-electron chi connectivity index (χ0n) is 12.5. The third-order valence-electron chi connectivity index (χ3n) is 4.33. The molecule has 2 N–H and O–H groups in total. The van der Waals surface area contributed by atoms with Gasteiger partial charge in [0.15, 0.2) is 0 Å². The van der Waals surface area contributed by atoms with Gasteiger partial charge >= 0.3 is 12.1 Å². The standard InChI is InChI=1S/C14H19F3N2O4/c15-14(16,17)4-3-10(20)19-7-1-2-9(8-19)18-11(21)13(5-6-13)12(22)23/h9H,1-8H2,(H,18,21)(H,22,23)/t9-/m1/s1. The highest BCUT2D eigenvalue weighted by molar-refractivity contribution is 6.04. The second kappa shape index (κ2) is 6.37. The number of amides is 2. The third-order valence-corrected chi connectivity index (χ3v) is 4.33. The van der Waals surface area contributed by atoms with Crippen LogP contribution in [0.4, 0.5) is 13.2 Å². The van der Waals surface area contributed by atoms with Crippen molar-refractivity contribution in [3.8, 4) is 0 Å². The highest BCUT2D eigenvalue weighted by Gasteiger charge is 2.57. The number of alkyl halides is 3. The van der Waals surface area contributed by atoms with Crippen LogP contribution in [0, 0.1) is 5.41 Å². The van der Waals surface area contributed by atoms with Gasteiger partial charge in [-0.1, -0.05) is 0 Å². The number of carbonyl (C=O) groups excluding carboxylic acids is 2. The van der Waals surface area contributed by atoms with E-state index in [0.29, 0.717) is 19.4 Å². The molecule has 1 aliphatic heterocycles. The normalized spacial score (nSPS) is 23.3. The van der Waals surface area contributed by atoms with Crippen molar-refractivity contribution in [1.29, 1.82) is 0 Å². The Morgan fingerprint density at radius 1 is 1.26 bits per heavy atom. The number of aliphatic carboxylic acids is 1. The van der Waals surface area contributed by atoms with Crippen LogP contribution in [-0.4, -0.2) is 53.1 Å². The predicted octanol–water partition coefficient (Wildman–Crippen LogP) is 1.30. The Morgan fingerprint density at radius 2 is 1.91 bits per heavy atom. The fraction of sp³-hybridized carbons (Fsp3) is 0.786. The zero-order valence-corrected chi connectivity index (χ0v) is 12.5. The molecule has 0 aromatic carbocycles. The zero-order chi connectivity index (χ0) is 17.3. The maximum Gasteiger partial charge on any atom is 0.389 e. The molecular formula is C14H19F3N2O4. The van der Waals surface area contributed by atoms with E-state index < -0.39 is 48.3 Å². The second-order valence-electron chi connectivity index (χ2n) is 6.15. The van der Waals surface area contributed by atoms with E-state index in [1.165, 1.54) is 4.90 Å². The molecule has 0 aromatic rings. The van der Waals surface area contributed by atoms with Crippen LogP contribution in [0.1, 0.15) is 38.5 Å². The number of carboxylic acid groups (broad SMARTS) is 1. The maximum absolute atomic E-state index is 12.2. The molecule has 0 unspecified atom stereocenters. The van der Waals surface area contributed by atoms with Crippen molar-refractivity contribution in [2.75, 3.05) is 13.1 Å². The van der Waals surface area contributed by atoms with Crippen molar-refractivity contribution in [3.05, 3.63) is 0 Å². The molecule has 1 heterocycles. The number of likely N-dealkylation sites (tertiary alicyclic amines) is 1. The first-order valence-corrected chi connectivity index (χ1v) is 7.53. The summed E-state index contributed by atoms with van der Waals surface area (Å²) in [5.74, 6) is -2.33. The monoisotopic (exact) mass is 336 g/mol. The first-order valence-electron chi connectivity index (χ1n) is 7.53. The molecule has 0 radical (unpaired) electrons. The van der Waals surface area contributed by atoms with Crippen LogP contribution < -0.4 is 5.32 Å². The smallest absolute Gasteiger partial charge is 0.389 e. The Hall–Kier alpha value is -1.80. The summed E-state index contributed by atoms with van der Waals surface area (Å²) in [4.78, 5) is 36.2. The molecule has 2 rings (SSSR count). The van der Waals surface area contributed by atoms with Gasteiger partial charge in [0, 0.05) is 25.6 Å². The number of nitrogens with zero attached hydrogens (tertiary/aromatic N) is 1. The minimum Gasteiger partial charge on any atom is -0.480 e. The predicted molar refractivity (Wildman–Crippen MR) is 72.3 cm³/mol. The number of nitrogens with one attached hydrogen (secondary N) is 1. The highest BCUT2D eigenvalue weighted by Crippen LogP contribution is 2.46.